The molecule has 1 aliphatic rings. The molecule has 0 aliphatic carbocycles. The lowest BCUT2D eigenvalue weighted by atomic mass is 10.1. The standard InChI is InChI=1S/C14H19NO/c1-3-7-12(4-2)15-10-11-8-5-6-9-13(11)14(15)16/h5-6,8-9,12H,3-4,7,10H2,1-2H3. The number of nitrogens with zero attached hydrogens (tertiary/aromatic N) is 1. The molecule has 0 aromatic heterocycles. The van der Waals surface area contributed by atoms with Gasteiger partial charge in [0.2, 0.25) is 0 Å². The SMILES string of the molecule is CCCC(CC)N1Cc2ccccc2C1=O. The number of hydrogen-bond donors (Lipinski definition) is 0. The van der Waals surface area contributed by atoms with Crippen LogP contribution in [-0.4, -0.2) is 16.8 Å². The third kappa shape index (κ3) is 1.84. The zero-order valence-corrected chi connectivity index (χ0v) is 10.1. The fraction of sp³-hybridized carbons (Fsp3) is 0.500. The van der Waals surface area contributed by atoms with Gasteiger partial charge in [0.1, 0.15) is 0 Å². The fourth-order valence-electron chi connectivity index (χ4n) is 2.49. The maximum Gasteiger partial charge on any atom is 0.254 e. The molecule has 86 valence electrons. The lowest BCUT2D eigenvalue weighted by Gasteiger charge is -2.26. The Morgan fingerprint density at radius 3 is 2.69 bits per heavy atom. The molecule has 1 heterocycles. The second-order valence-corrected chi connectivity index (χ2v) is 4.44. The van der Waals surface area contributed by atoms with Gasteiger partial charge in [-0.25, -0.2) is 0 Å². The van der Waals surface area contributed by atoms with Crippen molar-refractivity contribution in [2.45, 2.75) is 45.7 Å². The maximum absolute atomic E-state index is 12.2. The van der Waals surface area contributed by atoms with Crippen molar-refractivity contribution in [1.29, 1.82) is 0 Å². The Kier molecular flexibility index (Phi) is 3.28. The zero-order chi connectivity index (χ0) is 11.5. The van der Waals surface area contributed by atoms with E-state index in [1.54, 1.807) is 0 Å². The first-order valence-corrected chi connectivity index (χ1v) is 6.16. The summed E-state index contributed by atoms with van der Waals surface area (Å²) >= 11 is 0. The summed E-state index contributed by atoms with van der Waals surface area (Å²) in [4.78, 5) is 14.2. The molecule has 0 N–H and O–H groups in total. The van der Waals surface area contributed by atoms with E-state index in [1.165, 1.54) is 5.56 Å². The first-order chi connectivity index (χ1) is 7.77. The van der Waals surface area contributed by atoms with Crippen LogP contribution in [0.15, 0.2) is 24.3 Å². The van der Waals surface area contributed by atoms with E-state index in [2.05, 4.69) is 19.9 Å². The Hall–Kier alpha value is -1.31. The van der Waals surface area contributed by atoms with E-state index in [4.69, 9.17) is 0 Å². The molecule has 1 amide bonds. The predicted molar refractivity (Wildman–Crippen MR) is 65.3 cm³/mol. The van der Waals surface area contributed by atoms with Crippen molar-refractivity contribution in [3.8, 4) is 0 Å². The number of fused-ring (bicyclic) bond motifs is 1. The van der Waals surface area contributed by atoms with Gasteiger partial charge in [-0.15, -0.1) is 0 Å². The van der Waals surface area contributed by atoms with Gasteiger partial charge in [0.15, 0.2) is 0 Å². The van der Waals surface area contributed by atoms with Crippen LogP contribution in [-0.2, 0) is 6.54 Å². The second-order valence-electron chi connectivity index (χ2n) is 4.44. The largest absolute Gasteiger partial charge is 0.331 e. The van der Waals surface area contributed by atoms with E-state index in [1.807, 2.05) is 23.1 Å². The molecule has 1 aliphatic heterocycles. The molecule has 2 rings (SSSR count). The summed E-state index contributed by atoms with van der Waals surface area (Å²) in [6.07, 6.45) is 3.29. The van der Waals surface area contributed by atoms with Crippen LogP contribution in [0.25, 0.3) is 0 Å². The highest BCUT2D eigenvalue weighted by Gasteiger charge is 2.30. The van der Waals surface area contributed by atoms with Gasteiger partial charge in [-0.05, 0) is 24.5 Å². The van der Waals surface area contributed by atoms with E-state index < -0.39 is 0 Å². The van der Waals surface area contributed by atoms with E-state index in [-0.39, 0.29) is 5.91 Å². The molecule has 0 saturated carbocycles. The number of carbonyl (C=O) groups excluding carboxylic acids is 1. The van der Waals surface area contributed by atoms with E-state index in [0.717, 1.165) is 31.4 Å². The van der Waals surface area contributed by atoms with Crippen LogP contribution in [0, 0.1) is 0 Å². The van der Waals surface area contributed by atoms with Crippen molar-refractivity contribution in [2.24, 2.45) is 0 Å². The Bertz CT molecular complexity index is 386. The van der Waals surface area contributed by atoms with Crippen molar-refractivity contribution in [2.75, 3.05) is 0 Å². The number of benzene rings is 1. The van der Waals surface area contributed by atoms with Crippen molar-refractivity contribution in [1.82, 2.24) is 4.90 Å². The van der Waals surface area contributed by atoms with Gasteiger partial charge < -0.3 is 4.90 Å². The van der Waals surface area contributed by atoms with Crippen LogP contribution in [0.1, 0.15) is 49.0 Å². The average Bonchev–Trinajstić information content (AvgIpc) is 2.64. The lowest BCUT2D eigenvalue weighted by molar-refractivity contribution is 0.0687. The van der Waals surface area contributed by atoms with Gasteiger partial charge in [-0.2, -0.15) is 0 Å². The third-order valence-corrected chi connectivity index (χ3v) is 3.38. The van der Waals surface area contributed by atoms with Crippen LogP contribution >= 0.6 is 0 Å². The number of carbonyl (C=O) groups is 1. The highest BCUT2D eigenvalue weighted by Crippen LogP contribution is 2.26. The number of rotatable bonds is 4. The normalized spacial score (nSPS) is 16.4. The first kappa shape index (κ1) is 11.2. The smallest absolute Gasteiger partial charge is 0.254 e. The van der Waals surface area contributed by atoms with Crippen molar-refractivity contribution in [3.05, 3.63) is 35.4 Å². The highest BCUT2D eigenvalue weighted by molar-refractivity contribution is 5.98. The zero-order valence-electron chi connectivity index (χ0n) is 10.1. The molecule has 1 atom stereocenters. The summed E-state index contributed by atoms with van der Waals surface area (Å²) in [7, 11) is 0. The Balaban J connectivity index is 2.20. The van der Waals surface area contributed by atoms with Gasteiger partial charge in [0.25, 0.3) is 5.91 Å². The van der Waals surface area contributed by atoms with Gasteiger partial charge in [0.05, 0.1) is 0 Å². The number of amides is 1. The van der Waals surface area contributed by atoms with Gasteiger partial charge in [-0.1, -0.05) is 38.5 Å². The van der Waals surface area contributed by atoms with Crippen LogP contribution < -0.4 is 0 Å². The minimum Gasteiger partial charge on any atom is -0.331 e. The molecule has 1 aromatic carbocycles. The second kappa shape index (κ2) is 4.69. The maximum atomic E-state index is 12.2. The van der Waals surface area contributed by atoms with Crippen LogP contribution in [0.5, 0.6) is 0 Å². The average molecular weight is 217 g/mol. The molecule has 0 spiro atoms. The lowest BCUT2D eigenvalue weighted by Crippen LogP contribution is -2.34. The molecule has 1 unspecified atom stereocenters. The molecule has 2 heteroatoms. The Labute approximate surface area is 97.3 Å². The summed E-state index contributed by atoms with van der Waals surface area (Å²) in [6.45, 7) is 5.14. The minimum atomic E-state index is 0.218. The summed E-state index contributed by atoms with van der Waals surface area (Å²) in [6, 6.07) is 8.37. The van der Waals surface area contributed by atoms with Crippen molar-refractivity contribution >= 4 is 5.91 Å². The topological polar surface area (TPSA) is 20.3 Å². The van der Waals surface area contributed by atoms with Gasteiger partial charge in [-0.3, -0.25) is 4.79 Å². The van der Waals surface area contributed by atoms with Crippen molar-refractivity contribution in [3.63, 3.8) is 0 Å². The van der Waals surface area contributed by atoms with Crippen LogP contribution in [0.3, 0.4) is 0 Å². The summed E-state index contributed by atoms with van der Waals surface area (Å²) < 4.78 is 0. The molecule has 0 saturated heterocycles. The molecular formula is C14H19NO. The van der Waals surface area contributed by atoms with E-state index >= 15 is 0 Å². The van der Waals surface area contributed by atoms with E-state index in [9.17, 15) is 4.79 Å². The number of hydrogen-bond acceptors (Lipinski definition) is 1. The summed E-state index contributed by atoms with van der Waals surface area (Å²) in [5.41, 5.74) is 2.08. The Morgan fingerprint density at radius 2 is 2.06 bits per heavy atom. The summed E-state index contributed by atoms with van der Waals surface area (Å²) in [5.74, 6) is 0.218. The van der Waals surface area contributed by atoms with Gasteiger partial charge >= 0.3 is 0 Å². The molecule has 1 aromatic rings. The molecule has 2 nitrogen and oxygen atoms in total. The monoisotopic (exact) mass is 217 g/mol. The quantitative estimate of drug-likeness (QED) is 0.758. The highest BCUT2D eigenvalue weighted by atomic mass is 16.2. The van der Waals surface area contributed by atoms with E-state index in [0.29, 0.717) is 6.04 Å². The van der Waals surface area contributed by atoms with Crippen molar-refractivity contribution < 1.29 is 4.79 Å². The first-order valence-electron chi connectivity index (χ1n) is 6.16. The molecule has 0 radical (unpaired) electrons. The summed E-state index contributed by atoms with van der Waals surface area (Å²) in [5, 5.41) is 0. The minimum absolute atomic E-state index is 0.218. The van der Waals surface area contributed by atoms with Crippen LogP contribution in [0.4, 0.5) is 0 Å². The molecule has 16 heavy (non-hydrogen) atoms. The Morgan fingerprint density at radius 1 is 1.31 bits per heavy atom. The third-order valence-electron chi connectivity index (χ3n) is 3.38. The van der Waals surface area contributed by atoms with Gasteiger partial charge in [0, 0.05) is 18.2 Å². The molecule has 0 fully saturated rings. The van der Waals surface area contributed by atoms with Crippen LogP contribution in [0.2, 0.25) is 0 Å². The molecule has 0 bridgehead atoms. The predicted octanol–water partition coefficient (Wildman–Crippen LogP) is 3.22. The molecular weight excluding hydrogens is 198 g/mol. The fourth-order valence-corrected chi connectivity index (χ4v) is 2.49.